The van der Waals surface area contributed by atoms with Crippen molar-refractivity contribution in [2.75, 3.05) is 19.7 Å². The van der Waals surface area contributed by atoms with Crippen molar-refractivity contribution in [1.82, 2.24) is 10.2 Å². The van der Waals surface area contributed by atoms with Gasteiger partial charge in [0.2, 0.25) is 5.91 Å². The number of nitrogens with one attached hydrogen (secondary N) is 1. The molecule has 5 heteroatoms. The second kappa shape index (κ2) is 11.2. The van der Waals surface area contributed by atoms with Crippen LogP contribution in [0.4, 0.5) is 0 Å². The van der Waals surface area contributed by atoms with Gasteiger partial charge in [-0.3, -0.25) is 9.59 Å². The highest BCUT2D eigenvalue weighted by molar-refractivity contribution is 5.88. The summed E-state index contributed by atoms with van der Waals surface area (Å²) in [6, 6.07) is 15.3. The van der Waals surface area contributed by atoms with E-state index in [2.05, 4.69) is 5.32 Å². The first kappa shape index (κ1) is 22.5. The summed E-state index contributed by atoms with van der Waals surface area (Å²) in [6.07, 6.45) is 1.54. The van der Waals surface area contributed by atoms with Crippen molar-refractivity contribution in [3.8, 4) is 5.75 Å². The zero-order valence-corrected chi connectivity index (χ0v) is 17.9. The van der Waals surface area contributed by atoms with Gasteiger partial charge in [-0.1, -0.05) is 49.4 Å². The highest BCUT2D eigenvalue weighted by atomic mass is 16.5. The van der Waals surface area contributed by atoms with Crippen molar-refractivity contribution in [1.29, 1.82) is 0 Å². The SMILES string of the molecule is CCCNC(=O)[C@@H](C)N(CCc1ccccc1)C(=O)COc1cc(C)ccc1C. The topological polar surface area (TPSA) is 58.6 Å². The first-order chi connectivity index (χ1) is 13.9. The Morgan fingerprint density at radius 1 is 1.10 bits per heavy atom. The largest absolute Gasteiger partial charge is 0.483 e. The van der Waals surface area contributed by atoms with Gasteiger partial charge >= 0.3 is 0 Å². The minimum atomic E-state index is -0.556. The number of carbonyl (C=O) groups is 2. The molecule has 0 unspecified atom stereocenters. The van der Waals surface area contributed by atoms with Gasteiger partial charge < -0.3 is 15.0 Å². The Balaban J connectivity index is 2.08. The molecule has 0 bridgehead atoms. The van der Waals surface area contributed by atoms with Crippen LogP contribution in [0.5, 0.6) is 5.75 Å². The molecule has 1 N–H and O–H groups in total. The zero-order valence-electron chi connectivity index (χ0n) is 17.9. The molecule has 2 rings (SSSR count). The molecule has 0 heterocycles. The third kappa shape index (κ3) is 6.93. The van der Waals surface area contributed by atoms with Crippen LogP contribution in [0.15, 0.2) is 48.5 Å². The lowest BCUT2D eigenvalue weighted by Gasteiger charge is -2.28. The maximum absolute atomic E-state index is 13.0. The van der Waals surface area contributed by atoms with E-state index >= 15 is 0 Å². The maximum Gasteiger partial charge on any atom is 0.261 e. The fourth-order valence-corrected chi connectivity index (χ4v) is 3.05. The summed E-state index contributed by atoms with van der Waals surface area (Å²) in [5, 5.41) is 2.88. The zero-order chi connectivity index (χ0) is 21.2. The van der Waals surface area contributed by atoms with Gasteiger partial charge in [-0.25, -0.2) is 0 Å². The molecular formula is C24H32N2O3. The van der Waals surface area contributed by atoms with Gasteiger partial charge in [0, 0.05) is 13.1 Å². The maximum atomic E-state index is 13.0. The molecule has 0 saturated heterocycles. The highest BCUT2D eigenvalue weighted by Gasteiger charge is 2.26. The fraction of sp³-hybridized carbons (Fsp3) is 0.417. The molecule has 1 atom stereocenters. The molecule has 0 aliphatic carbocycles. The minimum Gasteiger partial charge on any atom is -0.483 e. The summed E-state index contributed by atoms with van der Waals surface area (Å²) in [7, 11) is 0. The molecule has 2 aromatic carbocycles. The fourth-order valence-electron chi connectivity index (χ4n) is 3.05. The van der Waals surface area contributed by atoms with E-state index in [9.17, 15) is 9.59 Å². The standard InChI is InChI=1S/C24H32N2O3/c1-5-14-25-24(28)20(4)26(15-13-21-9-7-6-8-10-21)23(27)17-29-22-16-18(2)11-12-19(22)3/h6-12,16,20H,5,13-15,17H2,1-4H3,(H,25,28)/t20-/m1/s1. The third-order valence-corrected chi connectivity index (χ3v) is 4.90. The van der Waals surface area contributed by atoms with Crippen molar-refractivity contribution in [2.24, 2.45) is 0 Å². The summed E-state index contributed by atoms with van der Waals surface area (Å²) >= 11 is 0. The molecule has 29 heavy (non-hydrogen) atoms. The van der Waals surface area contributed by atoms with Gasteiger partial charge in [-0.15, -0.1) is 0 Å². The van der Waals surface area contributed by atoms with Gasteiger partial charge in [0.15, 0.2) is 6.61 Å². The molecular weight excluding hydrogens is 364 g/mol. The normalized spacial score (nSPS) is 11.6. The van der Waals surface area contributed by atoms with Crippen LogP contribution in [-0.4, -0.2) is 42.5 Å². The first-order valence-corrected chi connectivity index (χ1v) is 10.2. The van der Waals surface area contributed by atoms with Crippen molar-refractivity contribution >= 4 is 11.8 Å². The molecule has 0 spiro atoms. The molecule has 0 aliphatic rings. The summed E-state index contributed by atoms with van der Waals surface area (Å²) in [6.45, 7) is 8.67. The predicted octanol–water partition coefficient (Wildman–Crippen LogP) is 3.67. The van der Waals surface area contributed by atoms with Crippen LogP contribution in [-0.2, 0) is 16.0 Å². The van der Waals surface area contributed by atoms with E-state index in [1.807, 2.05) is 69.3 Å². The Morgan fingerprint density at radius 2 is 1.83 bits per heavy atom. The number of aryl methyl sites for hydroxylation is 2. The smallest absolute Gasteiger partial charge is 0.261 e. The lowest BCUT2D eigenvalue weighted by atomic mass is 10.1. The Labute approximate surface area is 174 Å². The summed E-state index contributed by atoms with van der Waals surface area (Å²) in [5.74, 6) is 0.366. The van der Waals surface area contributed by atoms with Crippen LogP contribution in [0.3, 0.4) is 0 Å². The Hall–Kier alpha value is -2.82. The molecule has 5 nitrogen and oxygen atoms in total. The number of carbonyl (C=O) groups excluding carboxylic acids is 2. The van der Waals surface area contributed by atoms with Crippen LogP contribution in [0, 0.1) is 13.8 Å². The van der Waals surface area contributed by atoms with Crippen molar-refractivity contribution in [3.05, 3.63) is 65.2 Å². The van der Waals surface area contributed by atoms with Crippen LogP contribution < -0.4 is 10.1 Å². The average Bonchev–Trinajstić information content (AvgIpc) is 2.73. The van der Waals surface area contributed by atoms with Gasteiger partial charge in [0.1, 0.15) is 11.8 Å². The molecule has 0 fully saturated rings. The summed E-state index contributed by atoms with van der Waals surface area (Å²) < 4.78 is 5.80. The number of ether oxygens (including phenoxy) is 1. The molecule has 0 radical (unpaired) electrons. The van der Waals surface area contributed by atoms with Crippen LogP contribution in [0.2, 0.25) is 0 Å². The molecule has 0 saturated carbocycles. The van der Waals surface area contributed by atoms with Crippen LogP contribution in [0.1, 0.15) is 37.0 Å². The summed E-state index contributed by atoms with van der Waals surface area (Å²) in [5.41, 5.74) is 3.18. The van der Waals surface area contributed by atoms with E-state index in [1.54, 1.807) is 11.8 Å². The third-order valence-electron chi connectivity index (χ3n) is 4.90. The molecule has 0 aliphatic heterocycles. The van der Waals surface area contributed by atoms with Gasteiger partial charge in [0.25, 0.3) is 5.91 Å². The van der Waals surface area contributed by atoms with E-state index in [4.69, 9.17) is 4.74 Å². The summed E-state index contributed by atoms with van der Waals surface area (Å²) in [4.78, 5) is 27.1. The lowest BCUT2D eigenvalue weighted by molar-refractivity contribution is -0.141. The Morgan fingerprint density at radius 3 is 2.52 bits per heavy atom. The van der Waals surface area contributed by atoms with Crippen LogP contribution in [0.25, 0.3) is 0 Å². The Bertz CT molecular complexity index is 805. The predicted molar refractivity (Wildman–Crippen MR) is 116 cm³/mol. The monoisotopic (exact) mass is 396 g/mol. The number of rotatable bonds is 10. The minimum absolute atomic E-state index is 0.0928. The van der Waals surface area contributed by atoms with Crippen LogP contribution >= 0.6 is 0 Å². The molecule has 2 amide bonds. The van der Waals surface area contributed by atoms with E-state index in [0.29, 0.717) is 25.3 Å². The molecule has 156 valence electrons. The van der Waals surface area contributed by atoms with Gasteiger partial charge in [-0.05, 0) is 56.4 Å². The van der Waals surface area contributed by atoms with Gasteiger partial charge in [0.05, 0.1) is 0 Å². The number of hydrogen-bond donors (Lipinski definition) is 1. The van der Waals surface area contributed by atoms with Gasteiger partial charge in [-0.2, -0.15) is 0 Å². The molecule has 2 aromatic rings. The lowest BCUT2D eigenvalue weighted by Crippen LogP contribution is -2.50. The average molecular weight is 397 g/mol. The van der Waals surface area contributed by atoms with Crippen molar-refractivity contribution in [2.45, 2.75) is 46.6 Å². The molecule has 0 aromatic heterocycles. The highest BCUT2D eigenvalue weighted by Crippen LogP contribution is 2.19. The van der Waals surface area contributed by atoms with Crippen molar-refractivity contribution in [3.63, 3.8) is 0 Å². The van der Waals surface area contributed by atoms with E-state index < -0.39 is 6.04 Å². The quantitative estimate of drug-likeness (QED) is 0.667. The Kier molecular flexibility index (Phi) is 8.71. The second-order valence-corrected chi connectivity index (χ2v) is 7.35. The second-order valence-electron chi connectivity index (χ2n) is 7.35. The van der Waals surface area contributed by atoms with E-state index in [1.165, 1.54) is 0 Å². The number of benzene rings is 2. The van der Waals surface area contributed by atoms with Crippen molar-refractivity contribution < 1.29 is 14.3 Å². The first-order valence-electron chi connectivity index (χ1n) is 10.2. The number of nitrogens with zero attached hydrogens (tertiary/aromatic N) is 1. The van der Waals surface area contributed by atoms with E-state index in [-0.39, 0.29) is 18.4 Å². The van der Waals surface area contributed by atoms with E-state index in [0.717, 1.165) is 23.1 Å². The number of amides is 2. The number of hydrogen-bond acceptors (Lipinski definition) is 3.